The minimum atomic E-state index is 0.553. The van der Waals surface area contributed by atoms with Gasteiger partial charge in [0.25, 0.3) is 0 Å². The van der Waals surface area contributed by atoms with Crippen molar-refractivity contribution in [1.29, 1.82) is 0 Å². The van der Waals surface area contributed by atoms with E-state index in [1.54, 1.807) is 0 Å². The zero-order chi connectivity index (χ0) is 42.0. The number of hydrogen-bond acceptors (Lipinski definition) is 2. The quantitative estimate of drug-likeness (QED) is 0.176. The summed E-state index contributed by atoms with van der Waals surface area (Å²) in [5.41, 5.74) is 22.0. The van der Waals surface area contributed by atoms with E-state index in [0.717, 1.165) is 63.3 Å². The maximum atomic E-state index is 7.16. The lowest BCUT2D eigenvalue weighted by Crippen LogP contribution is -2.11. The van der Waals surface area contributed by atoms with Crippen LogP contribution in [0.4, 0.5) is 17.1 Å². The Balaban J connectivity index is 1.16. The van der Waals surface area contributed by atoms with Crippen LogP contribution in [0.25, 0.3) is 77.2 Å². The Kier molecular flexibility index (Phi) is 8.86. The van der Waals surface area contributed by atoms with Crippen molar-refractivity contribution in [2.75, 3.05) is 11.5 Å². The van der Waals surface area contributed by atoms with E-state index in [9.17, 15) is 0 Å². The number of para-hydroxylation sites is 2. The molecule has 12 rings (SSSR count). The van der Waals surface area contributed by atoms with Gasteiger partial charge in [0.1, 0.15) is 5.75 Å². The molecule has 0 atom stereocenters. The Morgan fingerprint density at radius 1 is 0.381 bits per heavy atom. The topological polar surface area (TPSA) is 12.5 Å². The molecule has 0 saturated heterocycles. The Bertz CT molecular complexity index is 3430. The molecule has 0 radical (unpaired) electrons. The normalized spacial score (nSPS) is 12.5. The van der Waals surface area contributed by atoms with Crippen molar-refractivity contribution in [3.8, 4) is 61.4 Å². The van der Waals surface area contributed by atoms with E-state index in [1.807, 2.05) is 0 Å². The highest BCUT2D eigenvalue weighted by molar-refractivity contribution is 6.07. The van der Waals surface area contributed by atoms with Crippen molar-refractivity contribution in [2.45, 2.75) is 26.7 Å². The van der Waals surface area contributed by atoms with Gasteiger partial charge in [-0.15, -0.1) is 0 Å². The fraction of sp³-hybridized carbons (Fsp3) is 0.0820. The van der Waals surface area contributed by atoms with Gasteiger partial charge in [-0.3, -0.25) is 0 Å². The maximum absolute atomic E-state index is 7.16. The van der Waals surface area contributed by atoms with Crippen LogP contribution in [0.3, 0.4) is 0 Å². The summed E-state index contributed by atoms with van der Waals surface area (Å²) in [5.74, 6) is 0.935. The van der Waals surface area contributed by atoms with Crippen molar-refractivity contribution in [3.63, 3.8) is 0 Å². The van der Waals surface area contributed by atoms with E-state index in [4.69, 9.17) is 4.74 Å². The Hall–Kier alpha value is -7.68. The highest BCUT2D eigenvalue weighted by Gasteiger charge is 2.27. The van der Waals surface area contributed by atoms with Gasteiger partial charge in [0.2, 0.25) is 0 Å². The SMILES string of the molecule is Cc1cccc2c3c(ccc12)-c1ccccc1-c1c(-c2ccccc2N(c2ccccc2)c2ccc4c(c2)-c2ccccc2C4)cccc1-c1ccc2c(C)cccc2c1OCC3. The van der Waals surface area contributed by atoms with E-state index in [0.29, 0.717) is 6.61 Å². The molecule has 2 heteroatoms. The first kappa shape index (κ1) is 37.1. The summed E-state index contributed by atoms with van der Waals surface area (Å²) >= 11 is 0. The highest BCUT2D eigenvalue weighted by Crippen LogP contribution is 2.52. The van der Waals surface area contributed by atoms with E-state index in [-0.39, 0.29) is 0 Å². The molecule has 0 unspecified atom stereocenters. The molecule has 10 aromatic rings. The molecule has 1 aliphatic heterocycles. The third-order valence-corrected chi connectivity index (χ3v) is 13.6. The fourth-order valence-corrected chi connectivity index (χ4v) is 10.6. The summed E-state index contributed by atoms with van der Waals surface area (Å²) in [6.07, 6.45) is 1.73. The molecular formula is C61H45NO. The number of benzene rings is 10. The number of hydrogen-bond donors (Lipinski definition) is 0. The molecule has 300 valence electrons. The summed E-state index contributed by atoms with van der Waals surface area (Å²) in [4.78, 5) is 2.45. The predicted molar refractivity (Wildman–Crippen MR) is 265 cm³/mol. The van der Waals surface area contributed by atoms with Crippen LogP contribution in [0.5, 0.6) is 5.75 Å². The zero-order valence-electron chi connectivity index (χ0n) is 35.5. The minimum Gasteiger partial charge on any atom is -0.492 e. The standard InChI is InChI=1S/C61H45NO/c1-39-15-12-24-48-45(39)31-33-50-49-21-8-9-23-53(49)60-54(25-14-26-55(60)57-34-32-46-40(2)16-13-27-56(46)61(57)63-36-35-51(48)50)52-22-10-11-28-59(52)62(43-18-4-3-5-19-43)44-30-29-42-37-41-17-6-7-20-47(41)58(42)38-44/h3-34,38H,35-37H2,1-2H3. The lowest BCUT2D eigenvalue weighted by molar-refractivity contribution is 0.327. The highest BCUT2D eigenvalue weighted by atomic mass is 16.5. The second-order valence-corrected chi connectivity index (χ2v) is 17.1. The van der Waals surface area contributed by atoms with Crippen LogP contribution in [0.1, 0.15) is 27.8 Å². The van der Waals surface area contributed by atoms with E-state index in [1.165, 1.54) is 77.4 Å². The largest absolute Gasteiger partial charge is 0.492 e. The zero-order valence-corrected chi connectivity index (χ0v) is 35.5. The summed E-state index contributed by atoms with van der Waals surface area (Å²) in [6.45, 7) is 4.97. The monoisotopic (exact) mass is 807 g/mol. The molecule has 1 aliphatic carbocycles. The Morgan fingerprint density at radius 2 is 0.984 bits per heavy atom. The van der Waals surface area contributed by atoms with E-state index in [2.05, 4.69) is 219 Å². The van der Waals surface area contributed by atoms with Gasteiger partial charge in [0, 0.05) is 34.3 Å². The molecule has 0 aromatic heterocycles. The van der Waals surface area contributed by atoms with Gasteiger partial charge in [-0.1, -0.05) is 164 Å². The molecule has 63 heavy (non-hydrogen) atoms. The predicted octanol–water partition coefficient (Wildman–Crippen LogP) is 16.3. The minimum absolute atomic E-state index is 0.553. The molecule has 0 fully saturated rings. The molecule has 0 amide bonds. The van der Waals surface area contributed by atoms with Crippen LogP contribution >= 0.6 is 0 Å². The Labute approximate surface area is 369 Å². The van der Waals surface area contributed by atoms with E-state index >= 15 is 0 Å². The maximum Gasteiger partial charge on any atom is 0.134 e. The molecule has 2 aliphatic rings. The van der Waals surface area contributed by atoms with Crippen molar-refractivity contribution >= 4 is 38.6 Å². The van der Waals surface area contributed by atoms with Gasteiger partial charge in [0.05, 0.1) is 12.3 Å². The third-order valence-electron chi connectivity index (χ3n) is 13.6. The Morgan fingerprint density at radius 3 is 1.79 bits per heavy atom. The first-order valence-corrected chi connectivity index (χ1v) is 22.2. The van der Waals surface area contributed by atoms with Crippen LogP contribution in [0.2, 0.25) is 0 Å². The molecule has 10 aromatic carbocycles. The number of ether oxygens (including phenoxy) is 1. The van der Waals surface area contributed by atoms with Crippen LogP contribution < -0.4 is 9.64 Å². The van der Waals surface area contributed by atoms with Gasteiger partial charge >= 0.3 is 0 Å². The van der Waals surface area contributed by atoms with Gasteiger partial charge in [-0.2, -0.15) is 0 Å². The van der Waals surface area contributed by atoms with Crippen LogP contribution in [-0.4, -0.2) is 6.61 Å². The van der Waals surface area contributed by atoms with Gasteiger partial charge in [0.15, 0.2) is 0 Å². The molecule has 0 N–H and O–H groups in total. The first-order valence-electron chi connectivity index (χ1n) is 22.2. The third kappa shape index (κ3) is 6.09. The summed E-state index contributed by atoms with van der Waals surface area (Å²) in [6, 6.07) is 74.2. The fourth-order valence-electron chi connectivity index (χ4n) is 10.6. The van der Waals surface area contributed by atoms with Crippen LogP contribution in [-0.2, 0) is 12.8 Å². The smallest absolute Gasteiger partial charge is 0.134 e. The van der Waals surface area contributed by atoms with Crippen molar-refractivity contribution < 1.29 is 4.74 Å². The van der Waals surface area contributed by atoms with Crippen LogP contribution in [0, 0.1) is 13.8 Å². The molecule has 1 heterocycles. The van der Waals surface area contributed by atoms with Crippen molar-refractivity contribution in [3.05, 3.63) is 228 Å². The van der Waals surface area contributed by atoms with Crippen molar-refractivity contribution in [1.82, 2.24) is 0 Å². The molecule has 0 spiro atoms. The van der Waals surface area contributed by atoms with Gasteiger partial charge in [-0.25, -0.2) is 0 Å². The number of anilines is 3. The lowest BCUT2D eigenvalue weighted by atomic mass is 9.82. The molecule has 0 saturated carbocycles. The molecule has 2 nitrogen and oxygen atoms in total. The second-order valence-electron chi connectivity index (χ2n) is 17.1. The van der Waals surface area contributed by atoms with Gasteiger partial charge < -0.3 is 9.64 Å². The second kappa shape index (κ2) is 15.0. The molecular weight excluding hydrogens is 763 g/mol. The average molecular weight is 808 g/mol. The van der Waals surface area contributed by atoms with E-state index < -0.39 is 0 Å². The summed E-state index contributed by atoms with van der Waals surface area (Å²) in [5, 5.41) is 4.93. The molecule has 0 bridgehead atoms. The lowest BCUT2D eigenvalue weighted by Gasteiger charge is -2.29. The first-order chi connectivity index (χ1) is 31.1. The van der Waals surface area contributed by atoms with Crippen LogP contribution in [0.15, 0.2) is 200 Å². The number of aryl methyl sites for hydroxylation is 2. The van der Waals surface area contributed by atoms with Crippen molar-refractivity contribution in [2.24, 2.45) is 0 Å². The van der Waals surface area contributed by atoms with Gasteiger partial charge in [-0.05, 0) is 145 Å². The average Bonchev–Trinajstić information content (AvgIpc) is 3.69. The summed E-state index contributed by atoms with van der Waals surface area (Å²) in [7, 11) is 0. The number of fused-ring (bicyclic) bond motifs is 14. The summed E-state index contributed by atoms with van der Waals surface area (Å²) < 4.78 is 7.16. The number of nitrogens with zero attached hydrogens (tertiary/aromatic N) is 1. The number of rotatable bonds is 4.